The van der Waals surface area contributed by atoms with Crippen LogP contribution in [0.4, 0.5) is 4.79 Å². The topological polar surface area (TPSA) is 35.5 Å². The Balaban J connectivity index is 2.40. The maximum absolute atomic E-state index is 9.98. The molecule has 0 amide bonds. The molecule has 1 atom stereocenters. The summed E-state index contributed by atoms with van der Waals surface area (Å²) in [5.74, 6) is 0. The summed E-state index contributed by atoms with van der Waals surface area (Å²) in [7, 11) is 0. The number of carbonyl (C=O) groups excluding carboxylic acids is 1. The zero-order valence-electron chi connectivity index (χ0n) is 3.88. The van der Waals surface area contributed by atoms with Crippen LogP contribution in [0.25, 0.3) is 0 Å². The lowest BCUT2D eigenvalue weighted by atomic mass is 10.5. The van der Waals surface area contributed by atoms with Crippen molar-refractivity contribution in [2.45, 2.75) is 13.0 Å². The quantitative estimate of drug-likeness (QED) is 0.421. The van der Waals surface area contributed by atoms with Crippen molar-refractivity contribution in [3.63, 3.8) is 0 Å². The SMILES string of the molecule is CC1[CH]OC(=O)O1. The Morgan fingerprint density at radius 2 is 2.57 bits per heavy atom. The molecule has 1 unspecified atom stereocenters. The maximum Gasteiger partial charge on any atom is 0.509 e. The van der Waals surface area contributed by atoms with Crippen LogP contribution in [0.2, 0.25) is 0 Å². The van der Waals surface area contributed by atoms with E-state index in [0.717, 1.165) is 0 Å². The van der Waals surface area contributed by atoms with E-state index in [2.05, 4.69) is 9.47 Å². The smallest absolute Gasteiger partial charge is 0.427 e. The molecule has 1 radical (unpaired) electrons. The number of rotatable bonds is 0. The molecule has 1 saturated heterocycles. The second-order valence-electron chi connectivity index (χ2n) is 1.33. The van der Waals surface area contributed by atoms with Crippen molar-refractivity contribution in [2.24, 2.45) is 0 Å². The third-order valence-corrected chi connectivity index (χ3v) is 0.638. The van der Waals surface area contributed by atoms with Gasteiger partial charge in [0.25, 0.3) is 0 Å². The highest BCUT2D eigenvalue weighted by molar-refractivity contribution is 5.62. The molecule has 0 saturated carbocycles. The van der Waals surface area contributed by atoms with Crippen molar-refractivity contribution < 1.29 is 14.3 Å². The Morgan fingerprint density at radius 3 is 2.71 bits per heavy atom. The summed E-state index contributed by atoms with van der Waals surface area (Å²) in [5, 5.41) is 0. The molecule has 3 nitrogen and oxygen atoms in total. The first-order chi connectivity index (χ1) is 3.29. The van der Waals surface area contributed by atoms with E-state index >= 15 is 0 Å². The summed E-state index contributed by atoms with van der Waals surface area (Å²) in [6, 6.07) is 0. The van der Waals surface area contributed by atoms with E-state index in [1.807, 2.05) is 0 Å². The zero-order valence-corrected chi connectivity index (χ0v) is 3.88. The standard InChI is InChI=1S/C4H5O3/c1-3-2-6-4(5)7-3/h2-3H,1H3. The zero-order chi connectivity index (χ0) is 5.28. The van der Waals surface area contributed by atoms with Crippen LogP contribution in [-0.2, 0) is 9.47 Å². The lowest BCUT2D eigenvalue weighted by Gasteiger charge is -1.89. The number of hydrogen-bond donors (Lipinski definition) is 0. The van der Waals surface area contributed by atoms with Crippen LogP contribution in [0.1, 0.15) is 6.92 Å². The fourth-order valence-corrected chi connectivity index (χ4v) is 0.359. The third kappa shape index (κ3) is 0.824. The molecule has 0 aliphatic carbocycles. The van der Waals surface area contributed by atoms with Gasteiger partial charge in [-0.25, -0.2) is 4.79 Å². The van der Waals surface area contributed by atoms with Gasteiger partial charge >= 0.3 is 6.16 Å². The van der Waals surface area contributed by atoms with Crippen LogP contribution in [0, 0.1) is 6.61 Å². The molecule has 0 bridgehead atoms. The van der Waals surface area contributed by atoms with Crippen molar-refractivity contribution in [3.05, 3.63) is 6.61 Å². The van der Waals surface area contributed by atoms with E-state index in [-0.39, 0.29) is 6.10 Å². The van der Waals surface area contributed by atoms with E-state index in [0.29, 0.717) is 0 Å². The molecule has 1 aliphatic heterocycles. The minimum absolute atomic E-state index is 0.174. The normalized spacial score (nSPS) is 29.3. The molecule has 0 spiro atoms. The van der Waals surface area contributed by atoms with E-state index in [1.165, 1.54) is 6.61 Å². The van der Waals surface area contributed by atoms with Crippen molar-refractivity contribution in [1.82, 2.24) is 0 Å². The highest BCUT2D eigenvalue weighted by atomic mass is 16.8. The maximum atomic E-state index is 9.98. The number of ether oxygens (including phenoxy) is 2. The van der Waals surface area contributed by atoms with Gasteiger partial charge in [0.2, 0.25) is 0 Å². The second kappa shape index (κ2) is 1.40. The van der Waals surface area contributed by atoms with Gasteiger partial charge in [0.05, 0.1) is 0 Å². The van der Waals surface area contributed by atoms with Crippen LogP contribution >= 0.6 is 0 Å². The Bertz CT molecular complexity index is 88.9. The van der Waals surface area contributed by atoms with Crippen molar-refractivity contribution in [1.29, 1.82) is 0 Å². The molecular formula is C4H5O3. The van der Waals surface area contributed by atoms with Gasteiger partial charge in [-0.2, -0.15) is 0 Å². The molecule has 7 heavy (non-hydrogen) atoms. The van der Waals surface area contributed by atoms with Gasteiger partial charge in [-0.05, 0) is 6.92 Å². The van der Waals surface area contributed by atoms with Crippen LogP contribution in [-0.4, -0.2) is 12.3 Å². The summed E-state index contributed by atoms with van der Waals surface area (Å²) in [6.45, 7) is 3.08. The van der Waals surface area contributed by atoms with E-state index in [1.54, 1.807) is 6.92 Å². The molecule has 0 aromatic rings. The largest absolute Gasteiger partial charge is 0.509 e. The fraction of sp³-hybridized carbons (Fsp3) is 0.500. The molecule has 1 aliphatic rings. The minimum Gasteiger partial charge on any atom is -0.427 e. The van der Waals surface area contributed by atoms with Crippen molar-refractivity contribution >= 4 is 6.16 Å². The summed E-state index contributed by atoms with van der Waals surface area (Å²) >= 11 is 0. The van der Waals surface area contributed by atoms with Gasteiger partial charge < -0.3 is 9.47 Å². The van der Waals surface area contributed by atoms with Crippen LogP contribution in [0.15, 0.2) is 0 Å². The molecular weight excluding hydrogens is 96.0 g/mol. The first-order valence-corrected chi connectivity index (χ1v) is 1.99. The monoisotopic (exact) mass is 101 g/mol. The van der Waals surface area contributed by atoms with Crippen LogP contribution < -0.4 is 0 Å². The molecule has 1 rings (SSSR count). The number of cyclic esters (lactones) is 2. The summed E-state index contributed by atoms with van der Waals surface area (Å²) in [5.41, 5.74) is 0. The first-order valence-electron chi connectivity index (χ1n) is 1.99. The number of hydrogen-bond acceptors (Lipinski definition) is 3. The molecule has 0 N–H and O–H groups in total. The lowest BCUT2D eigenvalue weighted by molar-refractivity contribution is 0.122. The highest BCUT2D eigenvalue weighted by Gasteiger charge is 2.20. The molecule has 0 aromatic heterocycles. The molecule has 0 aromatic carbocycles. The Kier molecular flexibility index (Phi) is 0.889. The highest BCUT2D eigenvalue weighted by Crippen LogP contribution is 2.07. The van der Waals surface area contributed by atoms with Crippen molar-refractivity contribution in [2.75, 3.05) is 0 Å². The summed E-state index contributed by atoms with van der Waals surface area (Å²) in [4.78, 5) is 9.98. The van der Waals surface area contributed by atoms with Crippen LogP contribution in [0.3, 0.4) is 0 Å². The van der Waals surface area contributed by atoms with E-state index in [4.69, 9.17) is 0 Å². The molecule has 1 fully saturated rings. The van der Waals surface area contributed by atoms with Gasteiger partial charge in [-0.1, -0.05) is 0 Å². The number of carbonyl (C=O) groups is 1. The molecule has 39 valence electrons. The van der Waals surface area contributed by atoms with Gasteiger partial charge in [0.1, 0.15) is 6.10 Å². The van der Waals surface area contributed by atoms with E-state index in [9.17, 15) is 4.79 Å². The van der Waals surface area contributed by atoms with Crippen molar-refractivity contribution in [3.8, 4) is 0 Å². The predicted octanol–water partition coefficient (Wildman–Crippen LogP) is 0.703. The summed E-state index contributed by atoms with van der Waals surface area (Å²) in [6.07, 6.45) is -0.778. The van der Waals surface area contributed by atoms with Crippen LogP contribution in [0.5, 0.6) is 0 Å². The third-order valence-electron chi connectivity index (χ3n) is 0.638. The Labute approximate surface area is 41.2 Å². The molecule has 1 heterocycles. The van der Waals surface area contributed by atoms with Gasteiger partial charge in [0, 0.05) is 0 Å². The average molecular weight is 101 g/mol. The van der Waals surface area contributed by atoms with Gasteiger partial charge in [-0.3, -0.25) is 0 Å². The second-order valence-corrected chi connectivity index (χ2v) is 1.33. The Hall–Kier alpha value is -0.730. The van der Waals surface area contributed by atoms with Gasteiger partial charge in [0.15, 0.2) is 6.61 Å². The first kappa shape index (κ1) is 4.43. The average Bonchev–Trinajstić information content (AvgIpc) is 1.87. The fourth-order valence-electron chi connectivity index (χ4n) is 0.359. The lowest BCUT2D eigenvalue weighted by Crippen LogP contribution is -1.98. The summed E-state index contributed by atoms with van der Waals surface area (Å²) < 4.78 is 8.72. The van der Waals surface area contributed by atoms with Gasteiger partial charge in [-0.15, -0.1) is 0 Å². The predicted molar refractivity (Wildman–Crippen MR) is 21.3 cm³/mol. The van der Waals surface area contributed by atoms with E-state index < -0.39 is 6.16 Å². The Morgan fingerprint density at radius 1 is 1.86 bits per heavy atom. The molecule has 3 heteroatoms. The minimum atomic E-state index is -0.604.